The first kappa shape index (κ1) is 9.97. The van der Waals surface area contributed by atoms with Gasteiger partial charge < -0.3 is 19.7 Å². The first-order chi connectivity index (χ1) is 6.62. The zero-order chi connectivity index (χ0) is 10.3. The minimum atomic E-state index is -1.37. The number of nitrogens with zero attached hydrogens (tertiary/aromatic N) is 1. The van der Waals surface area contributed by atoms with Crippen LogP contribution in [0.5, 0.6) is 0 Å². The molecule has 0 aromatic carbocycles. The SMILES string of the molecule is COC1(O)CC2OCC(N=O)C(O)C21. The van der Waals surface area contributed by atoms with Crippen molar-refractivity contribution in [3.8, 4) is 0 Å². The Hall–Kier alpha value is -0.560. The van der Waals surface area contributed by atoms with Crippen LogP contribution in [0.1, 0.15) is 6.42 Å². The van der Waals surface area contributed by atoms with Gasteiger partial charge in [0.05, 0.1) is 24.7 Å². The fourth-order valence-corrected chi connectivity index (χ4v) is 2.20. The number of rotatable bonds is 2. The second-order valence-corrected chi connectivity index (χ2v) is 3.81. The van der Waals surface area contributed by atoms with Crippen molar-refractivity contribution >= 4 is 0 Å². The summed E-state index contributed by atoms with van der Waals surface area (Å²) in [4.78, 5) is 10.3. The summed E-state index contributed by atoms with van der Waals surface area (Å²) in [6.45, 7) is 0.117. The summed E-state index contributed by atoms with van der Waals surface area (Å²) in [7, 11) is 1.36. The fourth-order valence-electron chi connectivity index (χ4n) is 2.20. The molecular formula is C8H13NO5. The van der Waals surface area contributed by atoms with Crippen LogP contribution in [0, 0.1) is 10.8 Å². The number of ether oxygens (including phenoxy) is 2. The molecule has 14 heavy (non-hydrogen) atoms. The Morgan fingerprint density at radius 2 is 2.36 bits per heavy atom. The second kappa shape index (κ2) is 3.23. The Morgan fingerprint density at radius 1 is 1.64 bits per heavy atom. The molecule has 2 aliphatic rings. The largest absolute Gasteiger partial charge is 0.390 e. The molecule has 0 aromatic rings. The summed E-state index contributed by atoms with van der Waals surface area (Å²) >= 11 is 0. The molecule has 0 bridgehead atoms. The number of methoxy groups -OCH3 is 1. The third-order valence-electron chi connectivity index (χ3n) is 3.15. The van der Waals surface area contributed by atoms with Crippen LogP contribution in [0.2, 0.25) is 0 Å². The summed E-state index contributed by atoms with van der Waals surface area (Å²) in [6, 6.07) is -0.807. The highest BCUT2D eigenvalue weighted by atomic mass is 16.6. The predicted octanol–water partition coefficient (Wildman–Crippen LogP) is -0.764. The molecular weight excluding hydrogens is 190 g/mol. The lowest BCUT2D eigenvalue weighted by Gasteiger charge is -2.54. The van der Waals surface area contributed by atoms with Gasteiger partial charge in [-0.1, -0.05) is 5.18 Å². The Kier molecular flexibility index (Phi) is 2.30. The molecule has 0 amide bonds. The van der Waals surface area contributed by atoms with E-state index in [0.29, 0.717) is 6.42 Å². The highest BCUT2D eigenvalue weighted by molar-refractivity contribution is 5.06. The van der Waals surface area contributed by atoms with Crippen molar-refractivity contribution in [2.24, 2.45) is 11.1 Å². The van der Waals surface area contributed by atoms with Crippen LogP contribution in [0.25, 0.3) is 0 Å². The standard InChI is InChI=1S/C8H13NO5/c1-13-8(11)2-5-6(8)7(10)4(9-12)3-14-5/h4-7,10-11H,2-3H2,1H3. The highest BCUT2D eigenvalue weighted by Crippen LogP contribution is 2.46. The van der Waals surface area contributed by atoms with E-state index >= 15 is 0 Å². The maximum atomic E-state index is 10.3. The lowest BCUT2D eigenvalue weighted by molar-refractivity contribution is -0.351. The molecule has 80 valence electrons. The molecule has 6 nitrogen and oxygen atoms in total. The fraction of sp³-hybridized carbons (Fsp3) is 1.00. The van der Waals surface area contributed by atoms with Crippen molar-refractivity contribution in [3.63, 3.8) is 0 Å². The molecule has 6 heteroatoms. The molecule has 2 N–H and O–H groups in total. The number of hydrogen-bond acceptors (Lipinski definition) is 6. The van der Waals surface area contributed by atoms with Crippen molar-refractivity contribution in [1.82, 2.24) is 0 Å². The molecule has 2 rings (SSSR count). The molecule has 0 radical (unpaired) electrons. The minimum absolute atomic E-state index is 0.117. The summed E-state index contributed by atoms with van der Waals surface area (Å²) in [6.07, 6.45) is -0.880. The van der Waals surface area contributed by atoms with E-state index in [4.69, 9.17) is 9.47 Å². The van der Waals surface area contributed by atoms with E-state index in [1.165, 1.54) is 7.11 Å². The van der Waals surface area contributed by atoms with Crippen LogP contribution in [0.3, 0.4) is 0 Å². The zero-order valence-corrected chi connectivity index (χ0v) is 7.79. The topological polar surface area (TPSA) is 88.4 Å². The number of aliphatic hydroxyl groups excluding tert-OH is 1. The smallest absolute Gasteiger partial charge is 0.175 e. The van der Waals surface area contributed by atoms with Crippen molar-refractivity contribution in [2.75, 3.05) is 13.7 Å². The first-order valence-corrected chi connectivity index (χ1v) is 4.52. The Morgan fingerprint density at radius 3 is 2.93 bits per heavy atom. The molecule has 1 aliphatic carbocycles. The molecule has 5 atom stereocenters. The lowest BCUT2D eigenvalue weighted by atomic mass is 9.68. The number of aliphatic hydroxyl groups is 2. The number of hydrogen-bond donors (Lipinski definition) is 2. The maximum absolute atomic E-state index is 10.3. The molecule has 1 saturated carbocycles. The third-order valence-corrected chi connectivity index (χ3v) is 3.15. The lowest BCUT2D eigenvalue weighted by Crippen LogP contribution is -2.68. The molecule has 1 heterocycles. The van der Waals surface area contributed by atoms with Gasteiger partial charge in [-0.2, -0.15) is 4.91 Å². The minimum Gasteiger partial charge on any atom is -0.390 e. The molecule has 0 aromatic heterocycles. The molecule has 1 saturated heterocycles. The first-order valence-electron chi connectivity index (χ1n) is 4.52. The van der Waals surface area contributed by atoms with E-state index in [1.54, 1.807) is 0 Å². The Labute approximate surface area is 80.8 Å². The van der Waals surface area contributed by atoms with Crippen molar-refractivity contribution < 1.29 is 19.7 Å². The summed E-state index contributed by atoms with van der Waals surface area (Å²) in [5.41, 5.74) is 0. The predicted molar refractivity (Wildman–Crippen MR) is 45.4 cm³/mol. The average molecular weight is 203 g/mol. The highest BCUT2D eigenvalue weighted by Gasteiger charge is 2.61. The van der Waals surface area contributed by atoms with Gasteiger partial charge in [0.2, 0.25) is 0 Å². The normalized spacial score (nSPS) is 51.9. The van der Waals surface area contributed by atoms with Crippen LogP contribution in [-0.4, -0.2) is 48.0 Å². The number of nitroso groups, excluding NO2 is 1. The molecule has 5 unspecified atom stereocenters. The van der Waals surface area contributed by atoms with Gasteiger partial charge >= 0.3 is 0 Å². The van der Waals surface area contributed by atoms with Crippen molar-refractivity contribution in [2.45, 2.75) is 30.5 Å². The maximum Gasteiger partial charge on any atom is 0.175 e. The van der Waals surface area contributed by atoms with E-state index in [2.05, 4.69) is 5.18 Å². The number of fused-ring (bicyclic) bond motifs is 1. The Balaban J connectivity index is 2.13. The monoisotopic (exact) mass is 203 g/mol. The van der Waals surface area contributed by atoms with Crippen molar-refractivity contribution in [1.29, 1.82) is 0 Å². The summed E-state index contributed by atoms with van der Waals surface area (Å²) in [5, 5.41) is 22.3. The van der Waals surface area contributed by atoms with E-state index in [9.17, 15) is 15.1 Å². The molecule has 2 fully saturated rings. The van der Waals surface area contributed by atoms with Crippen molar-refractivity contribution in [3.05, 3.63) is 4.91 Å². The van der Waals surface area contributed by atoms with Gasteiger partial charge in [0.1, 0.15) is 6.04 Å². The van der Waals surface area contributed by atoms with Gasteiger partial charge in [0, 0.05) is 13.5 Å². The molecule has 1 aliphatic heterocycles. The van der Waals surface area contributed by atoms with Crippen LogP contribution in [0.15, 0.2) is 5.18 Å². The van der Waals surface area contributed by atoms with Gasteiger partial charge in [-0.05, 0) is 0 Å². The quantitative estimate of drug-likeness (QED) is 0.454. The van der Waals surface area contributed by atoms with Crippen LogP contribution >= 0.6 is 0 Å². The summed E-state index contributed by atoms with van der Waals surface area (Å²) in [5.74, 6) is -1.93. The molecule has 0 spiro atoms. The third kappa shape index (κ3) is 1.18. The van der Waals surface area contributed by atoms with Crippen LogP contribution in [-0.2, 0) is 9.47 Å². The average Bonchev–Trinajstić information content (AvgIpc) is 2.15. The summed E-state index contributed by atoms with van der Waals surface area (Å²) < 4.78 is 10.1. The van der Waals surface area contributed by atoms with E-state index in [0.717, 1.165) is 0 Å². The van der Waals surface area contributed by atoms with Gasteiger partial charge in [0.15, 0.2) is 5.79 Å². The van der Waals surface area contributed by atoms with E-state index in [1.807, 2.05) is 0 Å². The van der Waals surface area contributed by atoms with Crippen LogP contribution in [0.4, 0.5) is 0 Å². The van der Waals surface area contributed by atoms with Gasteiger partial charge in [-0.25, -0.2) is 0 Å². The van der Waals surface area contributed by atoms with Crippen LogP contribution < -0.4 is 0 Å². The zero-order valence-electron chi connectivity index (χ0n) is 7.79. The Bertz CT molecular complexity index is 248. The van der Waals surface area contributed by atoms with Gasteiger partial charge in [-0.3, -0.25) is 0 Å². The second-order valence-electron chi connectivity index (χ2n) is 3.81. The van der Waals surface area contributed by atoms with Gasteiger partial charge in [-0.15, -0.1) is 0 Å². The van der Waals surface area contributed by atoms with E-state index in [-0.39, 0.29) is 12.7 Å². The van der Waals surface area contributed by atoms with Gasteiger partial charge in [0.25, 0.3) is 0 Å². The van der Waals surface area contributed by atoms with E-state index < -0.39 is 23.9 Å².